The maximum atomic E-state index is 11.6. The average molecular weight is 222 g/mol. The van der Waals surface area contributed by atoms with Crippen LogP contribution in [0.3, 0.4) is 0 Å². The van der Waals surface area contributed by atoms with E-state index in [9.17, 15) is 9.90 Å². The summed E-state index contributed by atoms with van der Waals surface area (Å²) in [5.41, 5.74) is 1.46. The number of aliphatic hydroxyl groups excluding tert-OH is 1. The number of amides is 1. The van der Waals surface area contributed by atoms with Gasteiger partial charge in [-0.25, -0.2) is 4.98 Å². The third-order valence-electron chi connectivity index (χ3n) is 2.64. The number of ether oxygens (including phenoxy) is 1. The smallest absolute Gasteiger partial charge is 0.229 e. The summed E-state index contributed by atoms with van der Waals surface area (Å²) in [5, 5.41) is 9.42. The molecule has 1 amide bonds. The Morgan fingerprint density at radius 3 is 2.81 bits per heavy atom. The molecule has 1 aliphatic heterocycles. The van der Waals surface area contributed by atoms with Crippen LogP contribution < -0.4 is 9.64 Å². The van der Waals surface area contributed by atoms with Crippen LogP contribution in [0.15, 0.2) is 12.1 Å². The molecule has 1 saturated heterocycles. The van der Waals surface area contributed by atoms with Crippen LogP contribution in [0.1, 0.15) is 12.1 Å². The van der Waals surface area contributed by atoms with E-state index in [1.165, 1.54) is 0 Å². The topological polar surface area (TPSA) is 62.7 Å². The minimum atomic E-state index is -0.575. The number of aliphatic hydroxyl groups is 1. The fourth-order valence-corrected chi connectivity index (χ4v) is 1.85. The first-order valence-electron chi connectivity index (χ1n) is 5.12. The second-order valence-corrected chi connectivity index (χ2v) is 3.82. The zero-order chi connectivity index (χ0) is 11.7. The van der Waals surface area contributed by atoms with Gasteiger partial charge in [0, 0.05) is 6.07 Å². The molecule has 1 fully saturated rings. The van der Waals surface area contributed by atoms with Gasteiger partial charge in [0.2, 0.25) is 11.8 Å². The lowest BCUT2D eigenvalue weighted by Crippen LogP contribution is -2.26. The number of aromatic nitrogens is 1. The van der Waals surface area contributed by atoms with Crippen molar-refractivity contribution in [2.45, 2.75) is 19.4 Å². The van der Waals surface area contributed by atoms with E-state index in [4.69, 9.17) is 4.74 Å². The van der Waals surface area contributed by atoms with Crippen LogP contribution in [-0.4, -0.2) is 35.8 Å². The van der Waals surface area contributed by atoms with Gasteiger partial charge in [-0.1, -0.05) is 0 Å². The van der Waals surface area contributed by atoms with E-state index >= 15 is 0 Å². The van der Waals surface area contributed by atoms with Crippen molar-refractivity contribution in [3.63, 3.8) is 0 Å². The number of nitrogens with zero attached hydrogens (tertiary/aromatic N) is 2. The number of pyridine rings is 1. The Morgan fingerprint density at radius 1 is 1.56 bits per heavy atom. The molecule has 5 heteroatoms. The fraction of sp³-hybridized carbons (Fsp3) is 0.455. The fourth-order valence-electron chi connectivity index (χ4n) is 1.85. The first-order valence-corrected chi connectivity index (χ1v) is 5.12. The monoisotopic (exact) mass is 222 g/mol. The van der Waals surface area contributed by atoms with E-state index in [1.807, 2.05) is 6.92 Å². The number of rotatable bonds is 2. The predicted molar refractivity (Wildman–Crippen MR) is 58.5 cm³/mol. The first-order chi connectivity index (χ1) is 7.61. The van der Waals surface area contributed by atoms with E-state index in [1.54, 1.807) is 24.1 Å². The Kier molecular flexibility index (Phi) is 2.78. The maximum absolute atomic E-state index is 11.6. The van der Waals surface area contributed by atoms with Gasteiger partial charge < -0.3 is 14.7 Å². The highest BCUT2D eigenvalue weighted by Crippen LogP contribution is 2.25. The number of β-amino-alcohol motifs (C(OH)–C–C–N with tert-alkyl or cyclic N) is 1. The molecule has 0 bridgehead atoms. The van der Waals surface area contributed by atoms with E-state index in [-0.39, 0.29) is 12.3 Å². The first kappa shape index (κ1) is 10.9. The molecule has 0 aliphatic carbocycles. The largest absolute Gasteiger partial charge is 0.481 e. The number of methoxy groups -OCH3 is 1. The van der Waals surface area contributed by atoms with Gasteiger partial charge >= 0.3 is 0 Å². The summed E-state index contributed by atoms with van der Waals surface area (Å²) >= 11 is 0. The summed E-state index contributed by atoms with van der Waals surface area (Å²) in [6, 6.07) is 3.50. The Bertz CT molecular complexity index is 420. The van der Waals surface area contributed by atoms with Crippen molar-refractivity contribution in [2.24, 2.45) is 0 Å². The zero-order valence-electron chi connectivity index (χ0n) is 9.30. The van der Waals surface area contributed by atoms with Gasteiger partial charge in [-0.15, -0.1) is 0 Å². The molecule has 0 radical (unpaired) electrons. The number of anilines is 1. The van der Waals surface area contributed by atoms with Crippen LogP contribution >= 0.6 is 0 Å². The lowest BCUT2D eigenvalue weighted by molar-refractivity contribution is -0.117. The average Bonchev–Trinajstić information content (AvgIpc) is 2.57. The molecule has 0 spiro atoms. The minimum absolute atomic E-state index is 0.0671. The van der Waals surface area contributed by atoms with Gasteiger partial charge in [0.15, 0.2) is 0 Å². The molecule has 86 valence electrons. The Morgan fingerprint density at radius 2 is 2.31 bits per heavy atom. The lowest BCUT2D eigenvalue weighted by Gasteiger charge is -2.18. The van der Waals surface area contributed by atoms with E-state index in [0.717, 1.165) is 11.4 Å². The SMILES string of the molecule is COc1ccc(N2CC(O)CC2=O)c(C)n1. The number of carbonyl (C=O) groups is 1. The van der Waals surface area contributed by atoms with Gasteiger partial charge in [0.25, 0.3) is 0 Å². The van der Waals surface area contributed by atoms with Crippen molar-refractivity contribution in [1.29, 1.82) is 0 Å². The van der Waals surface area contributed by atoms with Crippen molar-refractivity contribution in [1.82, 2.24) is 4.98 Å². The molecule has 16 heavy (non-hydrogen) atoms. The van der Waals surface area contributed by atoms with E-state index in [0.29, 0.717) is 12.4 Å². The van der Waals surface area contributed by atoms with Crippen molar-refractivity contribution in [2.75, 3.05) is 18.6 Å². The van der Waals surface area contributed by atoms with Gasteiger partial charge in [-0.2, -0.15) is 0 Å². The van der Waals surface area contributed by atoms with Crippen molar-refractivity contribution >= 4 is 11.6 Å². The van der Waals surface area contributed by atoms with Crippen molar-refractivity contribution < 1.29 is 14.6 Å². The molecule has 1 aromatic heterocycles. The molecule has 1 atom stereocenters. The Hall–Kier alpha value is -1.62. The molecule has 5 nitrogen and oxygen atoms in total. The van der Waals surface area contributed by atoms with Crippen LogP contribution in [0.5, 0.6) is 5.88 Å². The van der Waals surface area contributed by atoms with Crippen LogP contribution in [-0.2, 0) is 4.79 Å². The third kappa shape index (κ3) is 1.86. The second kappa shape index (κ2) is 4.09. The number of hydrogen-bond acceptors (Lipinski definition) is 4. The molecule has 1 unspecified atom stereocenters. The highest BCUT2D eigenvalue weighted by molar-refractivity contribution is 5.96. The summed E-state index contributed by atoms with van der Waals surface area (Å²) in [6.07, 6.45) is -0.389. The molecule has 1 N–H and O–H groups in total. The highest BCUT2D eigenvalue weighted by Gasteiger charge is 2.30. The quantitative estimate of drug-likeness (QED) is 0.791. The standard InChI is InChI=1S/C11H14N2O3/c1-7-9(3-4-10(12-7)16-2)13-6-8(14)5-11(13)15/h3-4,8,14H,5-6H2,1-2H3. The van der Waals surface area contributed by atoms with Crippen molar-refractivity contribution in [3.8, 4) is 5.88 Å². The number of carbonyl (C=O) groups excluding carboxylic acids is 1. The van der Waals surface area contributed by atoms with Crippen LogP contribution in [0.4, 0.5) is 5.69 Å². The summed E-state index contributed by atoms with van der Waals surface area (Å²) in [4.78, 5) is 17.4. The molecule has 0 aromatic carbocycles. The van der Waals surface area contributed by atoms with Gasteiger partial charge in [0.1, 0.15) is 0 Å². The predicted octanol–water partition coefficient (Wildman–Crippen LogP) is 0.496. The summed E-state index contributed by atoms with van der Waals surface area (Å²) in [6.45, 7) is 2.16. The van der Waals surface area contributed by atoms with Gasteiger partial charge in [-0.05, 0) is 13.0 Å². The molecular weight excluding hydrogens is 208 g/mol. The van der Waals surface area contributed by atoms with E-state index < -0.39 is 6.10 Å². The molecule has 1 aliphatic rings. The minimum Gasteiger partial charge on any atom is -0.481 e. The Balaban J connectivity index is 2.30. The summed E-state index contributed by atoms with van der Waals surface area (Å²) < 4.78 is 5.00. The van der Waals surface area contributed by atoms with Crippen LogP contribution in [0.25, 0.3) is 0 Å². The zero-order valence-corrected chi connectivity index (χ0v) is 9.30. The number of hydrogen-bond donors (Lipinski definition) is 1. The van der Waals surface area contributed by atoms with Crippen molar-refractivity contribution in [3.05, 3.63) is 17.8 Å². The van der Waals surface area contributed by atoms with E-state index in [2.05, 4.69) is 4.98 Å². The number of aryl methyl sites for hydroxylation is 1. The molecule has 1 aromatic rings. The molecule has 2 rings (SSSR count). The van der Waals surface area contributed by atoms with Gasteiger partial charge in [0.05, 0.1) is 37.6 Å². The van der Waals surface area contributed by atoms with Crippen LogP contribution in [0, 0.1) is 6.92 Å². The summed E-state index contributed by atoms with van der Waals surface area (Å²) in [7, 11) is 1.55. The van der Waals surface area contributed by atoms with Crippen LogP contribution in [0.2, 0.25) is 0 Å². The second-order valence-electron chi connectivity index (χ2n) is 3.82. The third-order valence-corrected chi connectivity index (χ3v) is 2.64. The Labute approximate surface area is 93.7 Å². The highest BCUT2D eigenvalue weighted by atomic mass is 16.5. The summed E-state index contributed by atoms with van der Waals surface area (Å²) in [5.74, 6) is 0.455. The normalized spacial score (nSPS) is 20.3. The maximum Gasteiger partial charge on any atom is 0.229 e. The molecular formula is C11H14N2O3. The van der Waals surface area contributed by atoms with Gasteiger partial charge in [-0.3, -0.25) is 4.79 Å². The molecule has 0 saturated carbocycles. The lowest BCUT2D eigenvalue weighted by atomic mass is 10.3. The molecule has 2 heterocycles.